The molecule has 0 spiro atoms. The zero-order valence-corrected chi connectivity index (χ0v) is 18.5. The second kappa shape index (κ2) is 10.0. The van der Waals surface area contributed by atoms with Gasteiger partial charge in [-0.25, -0.2) is 4.39 Å². The van der Waals surface area contributed by atoms with Crippen LogP contribution in [-0.4, -0.2) is 25.3 Å². The van der Waals surface area contributed by atoms with Gasteiger partial charge in [-0.15, -0.1) is 0 Å². The highest BCUT2D eigenvalue weighted by atomic mass is 19.1. The van der Waals surface area contributed by atoms with E-state index in [1.54, 1.807) is 48.9 Å². The van der Waals surface area contributed by atoms with Gasteiger partial charge in [0.2, 0.25) is 0 Å². The Balaban J connectivity index is 2.24. The Morgan fingerprint density at radius 3 is 2.45 bits per heavy atom. The molecule has 0 saturated carbocycles. The van der Waals surface area contributed by atoms with E-state index in [0.29, 0.717) is 29.3 Å². The molecule has 0 bridgehead atoms. The Bertz CT molecular complexity index is 1030. The molecule has 7 heteroatoms. The molecule has 2 aromatic carbocycles. The van der Waals surface area contributed by atoms with Gasteiger partial charge in [0, 0.05) is 30.6 Å². The summed E-state index contributed by atoms with van der Waals surface area (Å²) >= 11 is 0. The average molecular weight is 424 g/mol. The first-order valence-corrected chi connectivity index (χ1v) is 9.83. The van der Waals surface area contributed by atoms with Crippen LogP contribution >= 0.6 is 0 Å². The molecule has 1 amide bonds. The van der Waals surface area contributed by atoms with E-state index in [1.807, 2.05) is 20.8 Å². The van der Waals surface area contributed by atoms with Crippen molar-refractivity contribution in [3.8, 4) is 11.8 Å². The molecule has 2 rings (SSSR count). The van der Waals surface area contributed by atoms with Gasteiger partial charge in [0.1, 0.15) is 35.1 Å². The molecule has 0 aliphatic rings. The second-order valence-corrected chi connectivity index (χ2v) is 8.43. The van der Waals surface area contributed by atoms with Gasteiger partial charge >= 0.3 is 0 Å². The van der Waals surface area contributed by atoms with E-state index in [-0.39, 0.29) is 22.5 Å². The Morgan fingerprint density at radius 1 is 1.26 bits per heavy atom. The molecule has 0 fully saturated rings. The molecule has 0 aliphatic carbocycles. The van der Waals surface area contributed by atoms with Crippen LogP contribution in [0.15, 0.2) is 54.2 Å². The normalized spacial score (nSPS) is 11.6. The highest BCUT2D eigenvalue weighted by molar-refractivity contribution is 6.24. The maximum Gasteiger partial charge on any atom is 0.265 e. The van der Waals surface area contributed by atoms with Crippen LogP contribution in [0.4, 0.5) is 15.8 Å². The lowest BCUT2D eigenvalue weighted by atomic mass is 9.98. The summed E-state index contributed by atoms with van der Waals surface area (Å²) in [7, 11) is 1.59. The largest absolute Gasteiger partial charge is 0.492 e. The number of anilines is 1. The number of nitrogens with two attached hydrogens (primary N) is 1. The lowest BCUT2D eigenvalue weighted by molar-refractivity contribution is -0.496. The average Bonchev–Trinajstić information content (AvgIpc) is 2.72. The second-order valence-electron chi connectivity index (χ2n) is 8.43. The molecule has 0 aliphatic heterocycles. The number of likely N-dealkylation sites (N-methyl/N-ethyl adjacent to an activating group) is 1. The maximum atomic E-state index is 13.1. The summed E-state index contributed by atoms with van der Waals surface area (Å²) in [6.07, 6.45) is 1.54. The van der Waals surface area contributed by atoms with Crippen molar-refractivity contribution >= 4 is 23.0 Å². The van der Waals surface area contributed by atoms with Gasteiger partial charge in [0.05, 0.1) is 12.2 Å². The summed E-state index contributed by atoms with van der Waals surface area (Å²) in [5.74, 6) is -0.271. The predicted molar refractivity (Wildman–Crippen MR) is 119 cm³/mol. The van der Waals surface area contributed by atoms with Gasteiger partial charge in [-0.2, -0.15) is 5.26 Å². The van der Waals surface area contributed by atoms with Crippen molar-refractivity contribution in [2.24, 2.45) is 5.41 Å². The number of amides is 1. The first-order chi connectivity index (χ1) is 14.5. The number of nitriles is 1. The van der Waals surface area contributed by atoms with E-state index in [9.17, 15) is 14.4 Å². The van der Waals surface area contributed by atoms with Crippen LogP contribution in [-0.2, 0) is 4.79 Å². The highest BCUT2D eigenvalue weighted by Crippen LogP contribution is 2.26. The minimum atomic E-state index is -0.391. The third-order valence-electron chi connectivity index (χ3n) is 4.38. The number of carbonyl (C=O) groups is 1. The van der Waals surface area contributed by atoms with Crippen LogP contribution in [0, 0.1) is 28.0 Å². The van der Waals surface area contributed by atoms with Gasteiger partial charge in [0.15, 0.2) is 0 Å². The number of hydrogen-bond donors (Lipinski definition) is 2. The van der Waals surface area contributed by atoms with E-state index >= 15 is 0 Å². The number of halogens is 1. The fourth-order valence-electron chi connectivity index (χ4n) is 2.64. The molecule has 162 valence electrons. The van der Waals surface area contributed by atoms with Crippen LogP contribution in [0.1, 0.15) is 33.3 Å². The van der Waals surface area contributed by atoms with Crippen LogP contribution in [0.2, 0.25) is 0 Å². The molecule has 0 radical (unpaired) electrons. The first-order valence-electron chi connectivity index (χ1n) is 9.83. The summed E-state index contributed by atoms with van der Waals surface area (Å²) in [6, 6.07) is 12.9. The van der Waals surface area contributed by atoms with E-state index in [0.717, 1.165) is 0 Å². The van der Waals surface area contributed by atoms with Crippen molar-refractivity contribution < 1.29 is 19.2 Å². The Kier molecular flexibility index (Phi) is 7.67. The minimum Gasteiger partial charge on any atom is -0.492 e. The van der Waals surface area contributed by atoms with Crippen molar-refractivity contribution in [2.75, 3.05) is 18.6 Å². The number of nitrogens with one attached hydrogen (secondary N) is 1. The van der Waals surface area contributed by atoms with Crippen molar-refractivity contribution in [3.05, 3.63) is 65.6 Å². The number of rotatable bonds is 7. The Hall–Kier alpha value is -3.50. The number of ether oxygens (including phenoxy) is 1. The van der Waals surface area contributed by atoms with Crippen molar-refractivity contribution in [3.63, 3.8) is 0 Å². The number of nitrogens with zero attached hydrogens (tertiary/aromatic N) is 2. The lowest BCUT2D eigenvalue weighted by Crippen LogP contribution is -2.71. The summed E-state index contributed by atoms with van der Waals surface area (Å²) < 4.78 is 18.8. The minimum absolute atomic E-state index is 0.0552. The fraction of sp³-hybridized carbons (Fsp3) is 0.292. The van der Waals surface area contributed by atoms with E-state index in [2.05, 4.69) is 6.07 Å². The van der Waals surface area contributed by atoms with Gasteiger partial charge in [-0.05, 0) is 42.7 Å². The third-order valence-corrected chi connectivity index (χ3v) is 4.38. The van der Waals surface area contributed by atoms with Gasteiger partial charge in [-0.1, -0.05) is 20.8 Å². The monoisotopic (exact) mass is 423 g/mol. The summed E-state index contributed by atoms with van der Waals surface area (Å²) in [5, 5.41) is 19.2. The highest BCUT2D eigenvalue weighted by Gasteiger charge is 2.21. The Labute approximate surface area is 182 Å². The van der Waals surface area contributed by atoms with Crippen LogP contribution in [0.5, 0.6) is 5.75 Å². The zero-order chi connectivity index (χ0) is 23.2. The van der Waals surface area contributed by atoms with E-state index < -0.39 is 5.91 Å². The van der Waals surface area contributed by atoms with Crippen LogP contribution < -0.4 is 15.0 Å². The zero-order valence-electron chi connectivity index (χ0n) is 18.5. The van der Waals surface area contributed by atoms with Crippen LogP contribution in [0.25, 0.3) is 0 Å². The molecule has 0 aromatic heterocycles. The molecule has 0 atom stereocenters. The third kappa shape index (κ3) is 6.76. The lowest BCUT2D eigenvalue weighted by Gasteiger charge is -2.21. The molecular weight excluding hydrogens is 395 g/mol. The molecule has 31 heavy (non-hydrogen) atoms. The standard InChI is InChI=1S/C24H27FN4O2/c1-16(27)21(14-28-19-8-6-18(25)7-9-19)23(30)29(5)20-10-11-22(17(12-20)13-26)31-15-24(2,3)4/h6-12,14,27-28H,15H2,1-5H3/p+1/b21-14+,27-16?. The SMILES string of the molecule is CC(=N)/C(=C\[NH2+]c1ccc(F)cc1)C(=O)N(C)c1ccc(OCC(C)(C)C)c(C#N)c1. The summed E-state index contributed by atoms with van der Waals surface area (Å²) in [4.78, 5) is 14.4. The van der Waals surface area contributed by atoms with Crippen molar-refractivity contribution in [1.29, 1.82) is 10.7 Å². The van der Waals surface area contributed by atoms with E-state index in [4.69, 9.17) is 10.1 Å². The van der Waals surface area contributed by atoms with Gasteiger partial charge < -0.3 is 15.0 Å². The molecular formula is C24H28FN4O2+. The van der Waals surface area contributed by atoms with Crippen LogP contribution in [0.3, 0.4) is 0 Å². The number of quaternary nitrogens is 1. The number of benzene rings is 2. The van der Waals surface area contributed by atoms with Crippen molar-refractivity contribution in [1.82, 2.24) is 0 Å². The Morgan fingerprint density at radius 2 is 1.90 bits per heavy atom. The van der Waals surface area contributed by atoms with Crippen molar-refractivity contribution in [2.45, 2.75) is 27.7 Å². The summed E-state index contributed by atoms with van der Waals surface area (Å²) in [6.45, 7) is 8.10. The molecule has 2 aromatic rings. The molecule has 6 nitrogen and oxygen atoms in total. The quantitative estimate of drug-likeness (QED) is 0.402. The molecule has 0 heterocycles. The first kappa shape index (κ1) is 23.8. The maximum absolute atomic E-state index is 13.1. The topological polar surface area (TPSA) is 93.8 Å². The molecule has 0 saturated heterocycles. The predicted octanol–water partition coefficient (Wildman–Crippen LogP) is 3.90. The smallest absolute Gasteiger partial charge is 0.265 e. The van der Waals surface area contributed by atoms with Gasteiger partial charge in [0.25, 0.3) is 5.91 Å². The van der Waals surface area contributed by atoms with E-state index in [1.165, 1.54) is 24.0 Å². The molecule has 3 N–H and O–H groups in total. The molecule has 0 unspecified atom stereocenters. The van der Waals surface area contributed by atoms with Gasteiger partial charge in [-0.3, -0.25) is 10.1 Å². The summed E-state index contributed by atoms with van der Waals surface area (Å²) in [5.41, 5.74) is 1.79. The fourth-order valence-corrected chi connectivity index (χ4v) is 2.64. The number of carbonyl (C=O) groups excluding carboxylic acids is 1. The number of hydrogen-bond acceptors (Lipinski definition) is 4.